The fourth-order valence-electron chi connectivity index (χ4n) is 7.68. The minimum absolute atomic E-state index is 0.00587. The number of cyclic esters (lactones) is 1. The zero-order chi connectivity index (χ0) is 21.1. The largest absolute Gasteiger partial charge is 0.462 e. The fraction of sp³-hybridized carbons (Fsp3) is 0.875. The van der Waals surface area contributed by atoms with E-state index in [9.17, 15) is 13.2 Å². The maximum Gasteiger partial charge on any atom is 0.334 e. The van der Waals surface area contributed by atoms with Gasteiger partial charge in [-0.25, -0.2) is 13.2 Å². The molecule has 4 rings (SSSR count). The standard InChI is InChI=1S/C24H38O4S/c1-22(2)10-6-11-23(3)19(22)9-12-24(13-14-24)20(23)8-5-7-18-17(15-28-21(18)25)16-29(4,26)27/h7,17,19-20H,5-6,8-16H2,1-4H3/b18-7-/t17-,19-,20+,23-/m0/s1. The van der Waals surface area contributed by atoms with E-state index in [0.29, 0.717) is 21.8 Å². The Labute approximate surface area is 176 Å². The Kier molecular flexibility index (Phi) is 5.24. The number of carbonyl (C=O) groups is 1. The summed E-state index contributed by atoms with van der Waals surface area (Å²) in [5, 5.41) is 0. The molecule has 0 aromatic rings. The second kappa shape index (κ2) is 7.10. The van der Waals surface area contributed by atoms with Crippen LogP contribution in [0.4, 0.5) is 0 Å². The topological polar surface area (TPSA) is 60.4 Å². The highest BCUT2D eigenvalue weighted by Crippen LogP contribution is 2.72. The Morgan fingerprint density at radius 3 is 2.48 bits per heavy atom. The first-order chi connectivity index (χ1) is 13.5. The van der Waals surface area contributed by atoms with E-state index in [1.54, 1.807) is 0 Å². The van der Waals surface area contributed by atoms with Gasteiger partial charge in [-0.2, -0.15) is 0 Å². The fourth-order valence-corrected chi connectivity index (χ4v) is 8.69. The molecule has 0 unspecified atom stereocenters. The third-order valence-electron chi connectivity index (χ3n) is 9.05. The lowest BCUT2D eigenvalue weighted by Gasteiger charge is -2.60. The third kappa shape index (κ3) is 3.93. The zero-order valence-corrected chi connectivity index (χ0v) is 19.4. The average molecular weight is 423 g/mol. The van der Waals surface area contributed by atoms with Crippen molar-refractivity contribution in [3.05, 3.63) is 11.6 Å². The highest BCUT2D eigenvalue weighted by molar-refractivity contribution is 7.90. The number of fused-ring (bicyclic) bond motifs is 1. The highest BCUT2D eigenvalue weighted by atomic mass is 32.2. The molecule has 3 saturated carbocycles. The summed E-state index contributed by atoms with van der Waals surface area (Å²) in [6.45, 7) is 7.72. The van der Waals surface area contributed by atoms with Gasteiger partial charge in [0, 0.05) is 17.7 Å². The minimum Gasteiger partial charge on any atom is -0.462 e. The molecule has 5 heteroatoms. The molecule has 0 aromatic heterocycles. The molecule has 0 bridgehead atoms. The second-order valence-electron chi connectivity index (χ2n) is 11.5. The smallest absolute Gasteiger partial charge is 0.334 e. The van der Waals surface area contributed by atoms with E-state index in [-0.39, 0.29) is 24.2 Å². The molecule has 4 atom stereocenters. The SMILES string of the molecule is CC1(C)CCC[C@@]2(C)[C@H]1CCC1(CC1)[C@@H]2CC/C=C1\C(=O)OC[C@H]1CS(C)(=O)=O. The molecule has 4 aliphatic rings. The van der Waals surface area contributed by atoms with Crippen molar-refractivity contribution in [1.82, 2.24) is 0 Å². The lowest BCUT2D eigenvalue weighted by Crippen LogP contribution is -2.52. The van der Waals surface area contributed by atoms with Crippen LogP contribution in [0.1, 0.15) is 78.6 Å². The van der Waals surface area contributed by atoms with E-state index in [1.165, 1.54) is 51.2 Å². The highest BCUT2D eigenvalue weighted by Gasteiger charge is 2.62. The van der Waals surface area contributed by atoms with Crippen LogP contribution in [0.5, 0.6) is 0 Å². The normalized spacial score (nSPS) is 39.4. The molecular formula is C24H38O4S. The van der Waals surface area contributed by atoms with Crippen LogP contribution in [-0.2, 0) is 19.4 Å². The molecule has 1 heterocycles. The predicted molar refractivity (Wildman–Crippen MR) is 115 cm³/mol. The Bertz CT molecular complexity index is 805. The average Bonchev–Trinajstić information content (AvgIpc) is 3.28. The lowest BCUT2D eigenvalue weighted by molar-refractivity contribution is -0.135. The van der Waals surface area contributed by atoms with Crippen LogP contribution in [0.2, 0.25) is 0 Å². The summed E-state index contributed by atoms with van der Waals surface area (Å²) in [7, 11) is -3.13. The number of ether oxygens (including phenoxy) is 1. The number of esters is 1. The van der Waals surface area contributed by atoms with E-state index in [4.69, 9.17) is 4.74 Å². The van der Waals surface area contributed by atoms with Crippen molar-refractivity contribution in [1.29, 1.82) is 0 Å². The quantitative estimate of drug-likeness (QED) is 0.465. The Morgan fingerprint density at radius 1 is 1.10 bits per heavy atom. The van der Waals surface area contributed by atoms with Crippen LogP contribution in [-0.4, -0.2) is 33.0 Å². The van der Waals surface area contributed by atoms with E-state index in [1.807, 2.05) is 6.08 Å². The minimum atomic E-state index is -3.13. The molecule has 1 spiro atoms. The molecule has 3 aliphatic carbocycles. The summed E-state index contributed by atoms with van der Waals surface area (Å²) < 4.78 is 28.6. The molecule has 29 heavy (non-hydrogen) atoms. The number of hydrogen-bond donors (Lipinski definition) is 0. The Hall–Kier alpha value is -0.840. The molecular weight excluding hydrogens is 384 g/mol. The number of sulfone groups is 1. The maximum atomic E-state index is 12.2. The van der Waals surface area contributed by atoms with Crippen molar-refractivity contribution < 1.29 is 17.9 Å². The van der Waals surface area contributed by atoms with Crippen LogP contribution in [0, 0.1) is 34.0 Å². The van der Waals surface area contributed by atoms with Gasteiger partial charge in [-0.05, 0) is 79.4 Å². The van der Waals surface area contributed by atoms with Gasteiger partial charge in [0.2, 0.25) is 0 Å². The van der Waals surface area contributed by atoms with E-state index < -0.39 is 9.84 Å². The van der Waals surface area contributed by atoms with Gasteiger partial charge in [0.25, 0.3) is 0 Å². The van der Waals surface area contributed by atoms with Gasteiger partial charge < -0.3 is 4.74 Å². The van der Waals surface area contributed by atoms with Crippen LogP contribution in [0.15, 0.2) is 11.6 Å². The molecule has 0 N–H and O–H groups in total. The Balaban J connectivity index is 1.52. The molecule has 1 saturated heterocycles. The first-order valence-corrected chi connectivity index (χ1v) is 13.6. The predicted octanol–water partition coefficient (Wildman–Crippen LogP) is 4.93. The maximum absolute atomic E-state index is 12.2. The molecule has 0 amide bonds. The van der Waals surface area contributed by atoms with Gasteiger partial charge in [-0.3, -0.25) is 0 Å². The van der Waals surface area contributed by atoms with Crippen molar-refractivity contribution in [3.8, 4) is 0 Å². The van der Waals surface area contributed by atoms with Gasteiger partial charge in [0.15, 0.2) is 0 Å². The van der Waals surface area contributed by atoms with Crippen molar-refractivity contribution in [3.63, 3.8) is 0 Å². The van der Waals surface area contributed by atoms with Gasteiger partial charge in [-0.15, -0.1) is 0 Å². The molecule has 0 aromatic carbocycles. The lowest BCUT2D eigenvalue weighted by atomic mass is 9.45. The first-order valence-electron chi connectivity index (χ1n) is 11.5. The van der Waals surface area contributed by atoms with Crippen LogP contribution in [0.25, 0.3) is 0 Å². The molecule has 164 valence electrons. The van der Waals surface area contributed by atoms with Crippen molar-refractivity contribution in [2.75, 3.05) is 18.6 Å². The van der Waals surface area contributed by atoms with Gasteiger partial charge in [-0.1, -0.05) is 33.3 Å². The molecule has 1 aliphatic heterocycles. The zero-order valence-electron chi connectivity index (χ0n) is 18.6. The second-order valence-corrected chi connectivity index (χ2v) is 13.7. The van der Waals surface area contributed by atoms with E-state index in [2.05, 4.69) is 20.8 Å². The van der Waals surface area contributed by atoms with Crippen LogP contribution < -0.4 is 0 Å². The first kappa shape index (κ1) is 21.4. The summed E-state index contributed by atoms with van der Waals surface area (Å²) in [5.41, 5.74) is 1.97. The number of hydrogen-bond acceptors (Lipinski definition) is 4. The molecule has 0 radical (unpaired) electrons. The monoisotopic (exact) mass is 422 g/mol. The summed E-state index contributed by atoms with van der Waals surface area (Å²) >= 11 is 0. The summed E-state index contributed by atoms with van der Waals surface area (Å²) in [4.78, 5) is 12.2. The van der Waals surface area contributed by atoms with E-state index >= 15 is 0 Å². The van der Waals surface area contributed by atoms with Crippen molar-refractivity contribution in [2.45, 2.75) is 78.6 Å². The number of rotatable bonds is 5. The summed E-state index contributed by atoms with van der Waals surface area (Å²) in [5.74, 6) is 0.909. The molecule has 4 fully saturated rings. The Morgan fingerprint density at radius 2 is 1.83 bits per heavy atom. The van der Waals surface area contributed by atoms with E-state index in [0.717, 1.165) is 24.7 Å². The van der Waals surface area contributed by atoms with Crippen molar-refractivity contribution in [2.24, 2.45) is 34.0 Å². The van der Waals surface area contributed by atoms with Gasteiger partial charge in [0.1, 0.15) is 9.84 Å². The van der Waals surface area contributed by atoms with Crippen LogP contribution >= 0.6 is 0 Å². The van der Waals surface area contributed by atoms with Gasteiger partial charge >= 0.3 is 5.97 Å². The van der Waals surface area contributed by atoms with Gasteiger partial charge in [0.05, 0.1) is 12.4 Å². The van der Waals surface area contributed by atoms with Crippen molar-refractivity contribution >= 4 is 15.8 Å². The number of carbonyl (C=O) groups excluding carboxylic acids is 1. The molecule has 4 nitrogen and oxygen atoms in total. The van der Waals surface area contributed by atoms with Crippen LogP contribution in [0.3, 0.4) is 0 Å². The third-order valence-corrected chi connectivity index (χ3v) is 10.1. The summed E-state index contributed by atoms with van der Waals surface area (Å²) in [6.07, 6.45) is 14.7. The summed E-state index contributed by atoms with van der Waals surface area (Å²) in [6, 6.07) is 0. The number of allylic oxidation sites excluding steroid dienone is 1.